The number of fused-ring (bicyclic) bond motifs is 10. The van der Waals surface area contributed by atoms with Crippen LogP contribution in [0.4, 0.5) is 17.1 Å². The lowest BCUT2D eigenvalue weighted by molar-refractivity contribution is 1.30. The van der Waals surface area contributed by atoms with Crippen molar-refractivity contribution >= 4 is 91.7 Å². The topological polar surface area (TPSA) is 3.24 Å². The van der Waals surface area contributed by atoms with Crippen LogP contribution in [-0.4, -0.2) is 0 Å². The number of anilines is 3. The summed E-state index contributed by atoms with van der Waals surface area (Å²) < 4.78 is 2.65. The summed E-state index contributed by atoms with van der Waals surface area (Å²) in [7, 11) is 0. The molecule has 1 aromatic heterocycles. The Morgan fingerprint density at radius 2 is 1.02 bits per heavy atom. The van der Waals surface area contributed by atoms with Crippen LogP contribution in [0.3, 0.4) is 0 Å². The molecule has 0 aliphatic carbocycles. The smallest absolute Gasteiger partial charge is 0.0554 e. The zero-order valence-corrected chi connectivity index (χ0v) is 26.9. The summed E-state index contributed by atoms with van der Waals surface area (Å²) in [5.74, 6) is 0. The minimum Gasteiger partial charge on any atom is -0.310 e. The molecule has 0 saturated heterocycles. The van der Waals surface area contributed by atoms with E-state index in [1.54, 1.807) is 0 Å². The molecule has 0 spiro atoms. The maximum atomic E-state index is 2.42. The highest BCUT2D eigenvalue weighted by Crippen LogP contribution is 2.46. The quantitative estimate of drug-likeness (QED) is 0.176. The molecule has 0 radical (unpaired) electrons. The molecule has 0 N–H and O–H groups in total. The van der Waals surface area contributed by atoms with Crippen molar-refractivity contribution in [1.82, 2.24) is 0 Å². The molecule has 9 aromatic carbocycles. The van der Waals surface area contributed by atoms with E-state index in [1.807, 2.05) is 11.3 Å². The summed E-state index contributed by atoms with van der Waals surface area (Å²) in [4.78, 5) is 2.42. The van der Waals surface area contributed by atoms with Crippen LogP contribution in [0.15, 0.2) is 176 Å². The number of para-hydroxylation sites is 1. The lowest BCUT2D eigenvalue weighted by atomic mass is 9.90. The maximum Gasteiger partial charge on any atom is 0.0554 e. The molecule has 0 atom stereocenters. The van der Waals surface area contributed by atoms with Gasteiger partial charge in [0, 0.05) is 36.9 Å². The molecule has 0 unspecified atom stereocenters. The van der Waals surface area contributed by atoms with Crippen LogP contribution in [0.25, 0.3) is 74.4 Å². The van der Waals surface area contributed by atoms with Crippen molar-refractivity contribution < 1.29 is 0 Å². The largest absolute Gasteiger partial charge is 0.310 e. The van der Waals surface area contributed by atoms with Gasteiger partial charge < -0.3 is 4.90 Å². The van der Waals surface area contributed by atoms with Gasteiger partial charge in [0.05, 0.1) is 5.69 Å². The highest BCUT2D eigenvalue weighted by atomic mass is 32.1. The van der Waals surface area contributed by atoms with Crippen molar-refractivity contribution in [3.63, 3.8) is 0 Å². The molecule has 10 aromatic rings. The first kappa shape index (κ1) is 27.2. The molecule has 0 bridgehead atoms. The van der Waals surface area contributed by atoms with Gasteiger partial charge in [0.2, 0.25) is 0 Å². The van der Waals surface area contributed by atoms with E-state index in [-0.39, 0.29) is 0 Å². The first-order valence-electron chi connectivity index (χ1n) is 16.4. The number of hydrogen-bond donors (Lipinski definition) is 0. The average Bonchev–Trinajstić information content (AvgIpc) is 3.54. The van der Waals surface area contributed by atoms with Crippen molar-refractivity contribution in [2.45, 2.75) is 0 Å². The van der Waals surface area contributed by atoms with Crippen molar-refractivity contribution in [2.75, 3.05) is 4.90 Å². The van der Waals surface area contributed by atoms with Crippen molar-refractivity contribution in [3.8, 4) is 11.1 Å². The molecule has 1 heterocycles. The lowest BCUT2D eigenvalue weighted by Gasteiger charge is -2.27. The predicted molar refractivity (Wildman–Crippen MR) is 209 cm³/mol. The molecule has 1 nitrogen and oxygen atoms in total. The maximum absolute atomic E-state index is 2.42. The van der Waals surface area contributed by atoms with Gasteiger partial charge in [-0.05, 0) is 91.3 Å². The summed E-state index contributed by atoms with van der Waals surface area (Å²) in [6.07, 6.45) is 0. The van der Waals surface area contributed by atoms with Gasteiger partial charge in [-0.25, -0.2) is 0 Å². The SMILES string of the molecule is c1ccc(N(c2ccc(-c3cc4ccccc4c4ccc5ccccc5c34)cc2)c2cccc3ccc4c5ccccc5sc4c23)cc1. The van der Waals surface area contributed by atoms with Gasteiger partial charge in [-0.1, -0.05) is 133 Å². The monoisotopic (exact) mass is 627 g/mol. The predicted octanol–water partition coefficient (Wildman–Crippen LogP) is 13.8. The van der Waals surface area contributed by atoms with Gasteiger partial charge in [0.25, 0.3) is 0 Å². The third-order valence-electron chi connectivity index (χ3n) is 9.81. The molecule has 0 saturated carbocycles. The Hall–Kier alpha value is -5.96. The zero-order chi connectivity index (χ0) is 31.6. The number of rotatable bonds is 4. The fourth-order valence-electron chi connectivity index (χ4n) is 7.62. The average molecular weight is 628 g/mol. The molecule has 0 aliphatic rings. The highest BCUT2D eigenvalue weighted by molar-refractivity contribution is 7.26. The first-order chi connectivity index (χ1) is 23.8. The third-order valence-corrected chi connectivity index (χ3v) is 11.0. The number of nitrogens with zero attached hydrogens (tertiary/aromatic N) is 1. The Bertz CT molecular complexity index is 2830. The van der Waals surface area contributed by atoms with E-state index in [9.17, 15) is 0 Å². The van der Waals surface area contributed by atoms with E-state index in [0.717, 1.165) is 11.4 Å². The molecule has 224 valence electrons. The molecule has 0 fully saturated rings. The number of thiophene rings is 1. The third kappa shape index (κ3) is 4.17. The van der Waals surface area contributed by atoms with Gasteiger partial charge in [-0.15, -0.1) is 11.3 Å². The van der Waals surface area contributed by atoms with Crippen LogP contribution in [0.1, 0.15) is 0 Å². The molecular weight excluding hydrogens is 599 g/mol. The van der Waals surface area contributed by atoms with Crippen LogP contribution < -0.4 is 4.90 Å². The van der Waals surface area contributed by atoms with Gasteiger partial charge in [0.15, 0.2) is 0 Å². The highest BCUT2D eigenvalue weighted by Gasteiger charge is 2.19. The normalized spacial score (nSPS) is 11.8. The second kappa shape index (κ2) is 10.8. The van der Waals surface area contributed by atoms with Crippen LogP contribution in [0.5, 0.6) is 0 Å². The number of benzene rings is 9. The molecule has 10 rings (SSSR count). The minimum absolute atomic E-state index is 1.13. The van der Waals surface area contributed by atoms with Crippen molar-refractivity contribution in [3.05, 3.63) is 176 Å². The molecule has 48 heavy (non-hydrogen) atoms. The Balaban J connectivity index is 1.20. The van der Waals surface area contributed by atoms with E-state index in [4.69, 9.17) is 0 Å². The standard InChI is InChI=1S/C46H29NS/c1-2-14-34(15-3-1)47(42-19-10-13-32-24-28-40-38-18-8-9-20-43(38)48-46(40)44(32)42)35-25-21-31(22-26-35)41-29-33-12-5-6-16-36(33)39-27-23-30-11-4-7-17-37(30)45(39)41/h1-29H. The Morgan fingerprint density at radius 1 is 0.375 bits per heavy atom. The second-order valence-corrected chi connectivity index (χ2v) is 13.5. The Labute approximate surface area is 282 Å². The number of hydrogen-bond acceptors (Lipinski definition) is 2. The summed E-state index contributed by atoms with van der Waals surface area (Å²) in [6, 6.07) is 64.4. The lowest BCUT2D eigenvalue weighted by Crippen LogP contribution is -2.10. The van der Waals surface area contributed by atoms with Gasteiger partial charge in [-0.3, -0.25) is 0 Å². The first-order valence-corrected chi connectivity index (χ1v) is 17.3. The Morgan fingerprint density at radius 3 is 1.88 bits per heavy atom. The van der Waals surface area contributed by atoms with Crippen LogP contribution in [-0.2, 0) is 0 Å². The van der Waals surface area contributed by atoms with Gasteiger partial charge >= 0.3 is 0 Å². The molecule has 2 heteroatoms. The van der Waals surface area contributed by atoms with E-state index in [1.165, 1.54) is 80.1 Å². The van der Waals surface area contributed by atoms with E-state index >= 15 is 0 Å². The fourth-order valence-corrected chi connectivity index (χ4v) is 8.89. The van der Waals surface area contributed by atoms with Gasteiger partial charge in [0.1, 0.15) is 0 Å². The molecule has 0 amide bonds. The van der Waals surface area contributed by atoms with E-state index in [2.05, 4.69) is 181 Å². The minimum atomic E-state index is 1.13. The second-order valence-electron chi connectivity index (χ2n) is 12.5. The summed E-state index contributed by atoms with van der Waals surface area (Å²) in [5.41, 5.74) is 5.92. The summed E-state index contributed by atoms with van der Waals surface area (Å²) in [5, 5.41) is 12.9. The van der Waals surface area contributed by atoms with Crippen LogP contribution in [0, 0.1) is 0 Å². The summed E-state index contributed by atoms with van der Waals surface area (Å²) >= 11 is 1.89. The van der Waals surface area contributed by atoms with Gasteiger partial charge in [-0.2, -0.15) is 0 Å². The van der Waals surface area contributed by atoms with Crippen LogP contribution in [0.2, 0.25) is 0 Å². The van der Waals surface area contributed by atoms with E-state index in [0.29, 0.717) is 0 Å². The fraction of sp³-hybridized carbons (Fsp3) is 0. The van der Waals surface area contributed by atoms with E-state index < -0.39 is 0 Å². The van der Waals surface area contributed by atoms with Crippen LogP contribution >= 0.6 is 11.3 Å². The zero-order valence-electron chi connectivity index (χ0n) is 26.1. The van der Waals surface area contributed by atoms with Crippen molar-refractivity contribution in [1.29, 1.82) is 0 Å². The summed E-state index contributed by atoms with van der Waals surface area (Å²) in [6.45, 7) is 0. The molecule has 0 aliphatic heterocycles. The molecular formula is C46H29NS. The van der Waals surface area contributed by atoms with Crippen molar-refractivity contribution in [2.24, 2.45) is 0 Å². The Kier molecular flexibility index (Phi) is 6.12.